The van der Waals surface area contributed by atoms with Crippen LogP contribution < -0.4 is 5.32 Å². The van der Waals surface area contributed by atoms with Crippen molar-refractivity contribution < 1.29 is 14.7 Å². The van der Waals surface area contributed by atoms with Crippen molar-refractivity contribution in [2.45, 2.75) is 19.4 Å². The van der Waals surface area contributed by atoms with Crippen LogP contribution in [0.3, 0.4) is 0 Å². The number of nitrogens with zero attached hydrogens (tertiary/aromatic N) is 3. The summed E-state index contributed by atoms with van der Waals surface area (Å²) in [5.41, 5.74) is 3.15. The van der Waals surface area contributed by atoms with Gasteiger partial charge in [-0.2, -0.15) is 5.10 Å². The molecule has 1 aromatic carbocycles. The first-order valence-corrected chi connectivity index (χ1v) is 8.13. The monoisotopic (exact) mass is 350 g/mol. The third kappa shape index (κ3) is 4.76. The first-order valence-electron chi connectivity index (χ1n) is 8.13. The SMILES string of the molecule is O=C(CCn1cc(C(=O)O)cn1)Nc1ccc(Cc2ccncc2)cc1. The summed E-state index contributed by atoms with van der Waals surface area (Å²) in [4.78, 5) is 26.8. The van der Waals surface area contributed by atoms with E-state index < -0.39 is 5.97 Å². The molecule has 2 heterocycles. The van der Waals surface area contributed by atoms with E-state index in [9.17, 15) is 9.59 Å². The van der Waals surface area contributed by atoms with Gasteiger partial charge in [0.1, 0.15) is 0 Å². The molecule has 26 heavy (non-hydrogen) atoms. The van der Waals surface area contributed by atoms with Gasteiger partial charge in [-0.15, -0.1) is 0 Å². The second-order valence-electron chi connectivity index (χ2n) is 5.82. The molecule has 0 aliphatic heterocycles. The number of carbonyl (C=O) groups excluding carboxylic acids is 1. The van der Waals surface area contributed by atoms with Gasteiger partial charge in [0.15, 0.2) is 0 Å². The third-order valence-electron chi connectivity index (χ3n) is 3.84. The predicted molar refractivity (Wildman–Crippen MR) is 95.9 cm³/mol. The van der Waals surface area contributed by atoms with Crippen LogP contribution in [0.15, 0.2) is 61.2 Å². The number of rotatable bonds is 7. The number of benzene rings is 1. The lowest BCUT2D eigenvalue weighted by Gasteiger charge is -2.07. The molecule has 7 nitrogen and oxygen atoms in total. The van der Waals surface area contributed by atoms with Gasteiger partial charge in [0.2, 0.25) is 5.91 Å². The molecule has 0 bridgehead atoms. The molecule has 7 heteroatoms. The Hall–Kier alpha value is -3.48. The van der Waals surface area contributed by atoms with E-state index in [-0.39, 0.29) is 17.9 Å². The quantitative estimate of drug-likeness (QED) is 0.683. The van der Waals surface area contributed by atoms with Gasteiger partial charge in [-0.05, 0) is 41.8 Å². The molecule has 132 valence electrons. The number of pyridine rings is 1. The minimum absolute atomic E-state index is 0.107. The third-order valence-corrected chi connectivity index (χ3v) is 3.84. The fraction of sp³-hybridized carbons (Fsp3) is 0.158. The normalized spacial score (nSPS) is 10.5. The zero-order valence-electron chi connectivity index (χ0n) is 14.0. The maximum atomic E-state index is 12.0. The summed E-state index contributed by atoms with van der Waals surface area (Å²) in [6.07, 6.45) is 7.22. The Morgan fingerprint density at radius 1 is 1.04 bits per heavy atom. The van der Waals surface area contributed by atoms with Crippen LogP contribution in [0.1, 0.15) is 27.9 Å². The van der Waals surface area contributed by atoms with Crippen molar-refractivity contribution in [1.82, 2.24) is 14.8 Å². The zero-order valence-corrected chi connectivity index (χ0v) is 14.0. The molecule has 0 radical (unpaired) electrons. The lowest BCUT2D eigenvalue weighted by atomic mass is 10.1. The topological polar surface area (TPSA) is 97.1 Å². The number of carboxylic acid groups (broad SMARTS) is 1. The van der Waals surface area contributed by atoms with Gasteiger partial charge in [-0.1, -0.05) is 12.1 Å². The molecule has 2 N–H and O–H groups in total. The van der Waals surface area contributed by atoms with E-state index in [1.165, 1.54) is 22.6 Å². The van der Waals surface area contributed by atoms with Crippen molar-refractivity contribution in [3.8, 4) is 0 Å². The van der Waals surface area contributed by atoms with E-state index in [0.29, 0.717) is 6.54 Å². The Balaban J connectivity index is 1.50. The van der Waals surface area contributed by atoms with Crippen LogP contribution in [0, 0.1) is 0 Å². The van der Waals surface area contributed by atoms with Crippen LogP contribution in [0.2, 0.25) is 0 Å². The molecule has 0 saturated carbocycles. The molecule has 0 aliphatic rings. The van der Waals surface area contributed by atoms with Crippen LogP contribution in [0.4, 0.5) is 5.69 Å². The lowest BCUT2D eigenvalue weighted by Crippen LogP contribution is -2.14. The number of anilines is 1. The van der Waals surface area contributed by atoms with Crippen LogP contribution in [-0.4, -0.2) is 31.7 Å². The highest BCUT2D eigenvalue weighted by molar-refractivity contribution is 5.90. The number of aromatic carboxylic acids is 1. The number of carboxylic acids is 1. The maximum absolute atomic E-state index is 12.0. The van der Waals surface area contributed by atoms with Gasteiger partial charge in [0.05, 0.1) is 11.8 Å². The van der Waals surface area contributed by atoms with Crippen molar-refractivity contribution in [1.29, 1.82) is 0 Å². The van der Waals surface area contributed by atoms with Crippen LogP contribution in [0.25, 0.3) is 0 Å². The molecular formula is C19H18N4O3. The van der Waals surface area contributed by atoms with E-state index in [2.05, 4.69) is 15.4 Å². The molecule has 3 aromatic rings. The van der Waals surface area contributed by atoms with E-state index in [0.717, 1.165) is 17.7 Å². The molecule has 2 aromatic heterocycles. The van der Waals surface area contributed by atoms with Crippen molar-refractivity contribution >= 4 is 17.6 Å². The second kappa shape index (κ2) is 8.06. The molecule has 0 saturated heterocycles. The number of amides is 1. The van der Waals surface area contributed by atoms with Gasteiger partial charge in [0.25, 0.3) is 0 Å². The molecule has 0 aliphatic carbocycles. The smallest absolute Gasteiger partial charge is 0.338 e. The lowest BCUT2D eigenvalue weighted by molar-refractivity contribution is -0.116. The Bertz CT molecular complexity index is 889. The fourth-order valence-electron chi connectivity index (χ4n) is 2.48. The Morgan fingerprint density at radius 3 is 2.38 bits per heavy atom. The van der Waals surface area contributed by atoms with Crippen molar-refractivity contribution in [2.75, 3.05) is 5.32 Å². The summed E-state index contributed by atoms with van der Waals surface area (Å²) < 4.78 is 1.45. The van der Waals surface area contributed by atoms with Crippen molar-refractivity contribution in [2.24, 2.45) is 0 Å². The van der Waals surface area contributed by atoms with E-state index in [1.54, 1.807) is 12.4 Å². The number of hydrogen-bond donors (Lipinski definition) is 2. The van der Waals surface area contributed by atoms with Gasteiger partial charge in [-0.3, -0.25) is 14.5 Å². The molecule has 0 fully saturated rings. The van der Waals surface area contributed by atoms with Gasteiger partial charge in [-0.25, -0.2) is 4.79 Å². The van der Waals surface area contributed by atoms with Gasteiger partial charge in [0, 0.05) is 37.2 Å². The average Bonchev–Trinajstić information content (AvgIpc) is 3.12. The predicted octanol–water partition coefficient (Wildman–Crippen LogP) is 2.60. The molecule has 1 amide bonds. The molecule has 0 unspecified atom stereocenters. The summed E-state index contributed by atoms with van der Waals surface area (Å²) in [5, 5.41) is 15.6. The Kier molecular flexibility index (Phi) is 5.38. The van der Waals surface area contributed by atoms with Crippen LogP contribution in [0.5, 0.6) is 0 Å². The summed E-state index contributed by atoms with van der Waals surface area (Å²) >= 11 is 0. The number of hydrogen-bond acceptors (Lipinski definition) is 4. The summed E-state index contributed by atoms with van der Waals surface area (Å²) in [6.45, 7) is 0.319. The number of carbonyl (C=O) groups is 2. The van der Waals surface area contributed by atoms with Crippen molar-refractivity contribution in [3.63, 3.8) is 0 Å². The number of nitrogens with one attached hydrogen (secondary N) is 1. The molecule has 0 atom stereocenters. The average molecular weight is 350 g/mol. The Morgan fingerprint density at radius 2 is 1.73 bits per heavy atom. The van der Waals surface area contributed by atoms with Crippen LogP contribution >= 0.6 is 0 Å². The maximum Gasteiger partial charge on any atom is 0.338 e. The second-order valence-corrected chi connectivity index (χ2v) is 5.82. The van der Waals surface area contributed by atoms with E-state index >= 15 is 0 Å². The fourth-order valence-corrected chi connectivity index (χ4v) is 2.48. The summed E-state index contributed by atoms with van der Waals surface area (Å²) in [7, 11) is 0. The van der Waals surface area contributed by atoms with Crippen LogP contribution in [-0.2, 0) is 17.8 Å². The zero-order chi connectivity index (χ0) is 18.4. The number of aryl methyl sites for hydroxylation is 1. The van der Waals surface area contributed by atoms with E-state index in [4.69, 9.17) is 5.11 Å². The minimum atomic E-state index is -1.03. The molecule has 3 rings (SSSR count). The van der Waals surface area contributed by atoms with Crippen molar-refractivity contribution in [3.05, 3.63) is 77.9 Å². The Labute approximate surface area is 150 Å². The number of aromatic nitrogens is 3. The molecular weight excluding hydrogens is 332 g/mol. The summed E-state index contributed by atoms with van der Waals surface area (Å²) in [5.74, 6) is -1.19. The highest BCUT2D eigenvalue weighted by Crippen LogP contribution is 2.13. The largest absolute Gasteiger partial charge is 0.478 e. The highest BCUT2D eigenvalue weighted by atomic mass is 16.4. The standard InChI is InChI=1S/C19H18N4O3/c24-18(7-10-23-13-16(12-21-23)19(25)26)22-17-3-1-14(2-4-17)11-15-5-8-20-9-6-15/h1-6,8-9,12-13H,7,10-11H2,(H,22,24)(H,25,26). The van der Waals surface area contributed by atoms with E-state index in [1.807, 2.05) is 36.4 Å². The highest BCUT2D eigenvalue weighted by Gasteiger charge is 2.08. The first kappa shape index (κ1) is 17.3. The summed E-state index contributed by atoms with van der Waals surface area (Å²) in [6, 6.07) is 11.6. The van der Waals surface area contributed by atoms with Gasteiger partial charge >= 0.3 is 5.97 Å². The van der Waals surface area contributed by atoms with Gasteiger partial charge < -0.3 is 10.4 Å². The minimum Gasteiger partial charge on any atom is -0.478 e. The first-order chi connectivity index (χ1) is 12.6. The molecule has 0 spiro atoms.